The van der Waals surface area contributed by atoms with Crippen LogP contribution in [0.1, 0.15) is 28.1 Å². The van der Waals surface area contributed by atoms with Crippen LogP contribution in [0.4, 0.5) is 19.1 Å². The summed E-state index contributed by atoms with van der Waals surface area (Å²) in [5.41, 5.74) is 1.66. The molecule has 3 aromatic rings. The molecule has 2 aromatic heterocycles. The Hall–Kier alpha value is -2.75. The number of aromatic nitrogens is 4. The number of benzene rings is 1. The average Bonchev–Trinajstić information content (AvgIpc) is 3.08. The molecule has 154 valence electrons. The lowest BCUT2D eigenvalue weighted by Crippen LogP contribution is -2.18. The summed E-state index contributed by atoms with van der Waals surface area (Å²) < 4.78 is 38.4. The molecule has 0 unspecified atom stereocenters. The van der Waals surface area contributed by atoms with E-state index in [1.807, 2.05) is 6.92 Å². The molecule has 10 heteroatoms. The Morgan fingerprint density at radius 2 is 2.07 bits per heavy atom. The van der Waals surface area contributed by atoms with E-state index in [0.717, 1.165) is 35.0 Å². The molecule has 0 fully saturated rings. The van der Waals surface area contributed by atoms with Crippen molar-refractivity contribution in [2.45, 2.75) is 25.3 Å². The van der Waals surface area contributed by atoms with Crippen molar-refractivity contribution < 1.29 is 13.2 Å². The zero-order valence-corrected chi connectivity index (χ0v) is 16.5. The lowest BCUT2D eigenvalue weighted by Gasteiger charge is -2.09. The number of thioether (sulfide) groups is 1. The zero-order valence-electron chi connectivity index (χ0n) is 15.6. The monoisotopic (exact) mass is 423 g/mol. The van der Waals surface area contributed by atoms with Gasteiger partial charge in [-0.3, -0.25) is 9.78 Å². The van der Waals surface area contributed by atoms with Crippen LogP contribution in [-0.4, -0.2) is 32.2 Å². The third-order valence-electron chi connectivity index (χ3n) is 4.23. The molecule has 0 aliphatic rings. The Kier molecular flexibility index (Phi) is 6.63. The lowest BCUT2D eigenvalue weighted by atomic mass is 10.0. The number of aromatic amines is 2. The Bertz CT molecular complexity index is 1020. The minimum absolute atomic E-state index is 0.0748. The lowest BCUT2D eigenvalue weighted by molar-refractivity contribution is -0.137. The highest BCUT2D eigenvalue weighted by molar-refractivity contribution is 7.98. The first-order valence-electron chi connectivity index (χ1n) is 8.87. The van der Waals surface area contributed by atoms with Gasteiger partial charge in [0.25, 0.3) is 5.56 Å². The van der Waals surface area contributed by atoms with Crippen LogP contribution in [0.3, 0.4) is 0 Å². The summed E-state index contributed by atoms with van der Waals surface area (Å²) >= 11 is 1.70. The molecule has 0 aliphatic heterocycles. The SMILES string of the molecule is Cc1[nH]cnc1CSCCNc1ncc(Cc2cccc(C(F)(F)F)c2)c(=O)[nH]1. The van der Waals surface area contributed by atoms with Crippen LogP contribution in [0.15, 0.2) is 41.6 Å². The van der Waals surface area contributed by atoms with E-state index in [0.29, 0.717) is 23.6 Å². The molecule has 0 atom stereocenters. The van der Waals surface area contributed by atoms with Crippen molar-refractivity contribution in [3.63, 3.8) is 0 Å². The van der Waals surface area contributed by atoms with Crippen LogP contribution in [0.25, 0.3) is 0 Å². The van der Waals surface area contributed by atoms with Crippen molar-refractivity contribution in [1.82, 2.24) is 19.9 Å². The van der Waals surface area contributed by atoms with Gasteiger partial charge in [-0.1, -0.05) is 18.2 Å². The van der Waals surface area contributed by atoms with Gasteiger partial charge < -0.3 is 10.3 Å². The van der Waals surface area contributed by atoms with Gasteiger partial charge in [0.1, 0.15) is 0 Å². The van der Waals surface area contributed by atoms with Crippen LogP contribution >= 0.6 is 11.8 Å². The van der Waals surface area contributed by atoms with Gasteiger partial charge in [-0.2, -0.15) is 24.9 Å². The second-order valence-corrected chi connectivity index (χ2v) is 7.52. The van der Waals surface area contributed by atoms with Gasteiger partial charge in [0.05, 0.1) is 17.6 Å². The Balaban J connectivity index is 1.52. The maximum absolute atomic E-state index is 12.8. The fourth-order valence-electron chi connectivity index (χ4n) is 2.66. The summed E-state index contributed by atoms with van der Waals surface area (Å²) in [4.78, 5) is 26.3. The van der Waals surface area contributed by atoms with E-state index in [4.69, 9.17) is 0 Å². The Morgan fingerprint density at radius 1 is 1.24 bits per heavy atom. The van der Waals surface area contributed by atoms with E-state index >= 15 is 0 Å². The van der Waals surface area contributed by atoms with Gasteiger partial charge in [0.2, 0.25) is 5.95 Å². The molecule has 3 rings (SSSR count). The van der Waals surface area contributed by atoms with Crippen LogP contribution < -0.4 is 10.9 Å². The van der Waals surface area contributed by atoms with Crippen LogP contribution in [0, 0.1) is 6.92 Å². The van der Waals surface area contributed by atoms with Gasteiger partial charge in [0, 0.05) is 41.9 Å². The van der Waals surface area contributed by atoms with E-state index in [1.165, 1.54) is 12.3 Å². The summed E-state index contributed by atoms with van der Waals surface area (Å²) in [7, 11) is 0. The molecule has 0 bridgehead atoms. The number of halogens is 3. The Labute approximate surface area is 169 Å². The standard InChI is InChI=1S/C19H20F3N5OS/c1-12-16(26-11-25-12)10-29-6-5-23-18-24-9-14(17(28)27-18)7-13-3-2-4-15(8-13)19(20,21)22/h2-4,8-9,11H,5-7,10H2,1H3,(H,25,26)(H2,23,24,27,28). The predicted molar refractivity (Wildman–Crippen MR) is 107 cm³/mol. The number of nitrogens with one attached hydrogen (secondary N) is 3. The van der Waals surface area contributed by atoms with E-state index in [2.05, 4.69) is 25.3 Å². The molecule has 0 aliphatic carbocycles. The van der Waals surface area contributed by atoms with Crippen molar-refractivity contribution >= 4 is 17.7 Å². The molecule has 0 radical (unpaired) electrons. The number of H-pyrrole nitrogens is 2. The number of aryl methyl sites for hydroxylation is 1. The fraction of sp³-hybridized carbons (Fsp3) is 0.316. The Morgan fingerprint density at radius 3 is 2.76 bits per heavy atom. The molecule has 0 saturated carbocycles. The predicted octanol–water partition coefficient (Wildman–Crippen LogP) is 3.76. The topological polar surface area (TPSA) is 86.5 Å². The van der Waals surface area contributed by atoms with Gasteiger partial charge in [-0.15, -0.1) is 0 Å². The van der Waals surface area contributed by atoms with Gasteiger partial charge in [-0.25, -0.2) is 9.97 Å². The molecular formula is C19H20F3N5OS. The average molecular weight is 423 g/mol. The molecule has 0 spiro atoms. The molecule has 2 heterocycles. The van der Waals surface area contributed by atoms with Crippen LogP contribution in [0.5, 0.6) is 0 Å². The van der Waals surface area contributed by atoms with E-state index in [1.54, 1.807) is 24.2 Å². The van der Waals surface area contributed by atoms with E-state index in [-0.39, 0.29) is 12.0 Å². The molecule has 0 amide bonds. The van der Waals surface area contributed by atoms with Gasteiger partial charge in [0.15, 0.2) is 0 Å². The second kappa shape index (κ2) is 9.17. The van der Waals surface area contributed by atoms with Crippen molar-refractivity contribution in [3.8, 4) is 0 Å². The highest BCUT2D eigenvalue weighted by Crippen LogP contribution is 2.29. The van der Waals surface area contributed by atoms with Crippen molar-refractivity contribution in [3.05, 3.63) is 75.2 Å². The molecule has 6 nitrogen and oxygen atoms in total. The maximum atomic E-state index is 12.8. The molecular weight excluding hydrogens is 403 g/mol. The van der Waals surface area contributed by atoms with Gasteiger partial charge in [-0.05, 0) is 18.6 Å². The van der Waals surface area contributed by atoms with E-state index < -0.39 is 11.7 Å². The summed E-state index contributed by atoms with van der Waals surface area (Å²) in [6.07, 6.45) is -1.28. The summed E-state index contributed by atoms with van der Waals surface area (Å²) in [6.45, 7) is 2.57. The van der Waals surface area contributed by atoms with Crippen molar-refractivity contribution in [1.29, 1.82) is 0 Å². The van der Waals surface area contributed by atoms with Crippen molar-refractivity contribution in [2.24, 2.45) is 0 Å². The van der Waals surface area contributed by atoms with Crippen molar-refractivity contribution in [2.75, 3.05) is 17.6 Å². The van der Waals surface area contributed by atoms with E-state index in [9.17, 15) is 18.0 Å². The number of hydrogen-bond acceptors (Lipinski definition) is 5. The molecule has 29 heavy (non-hydrogen) atoms. The number of nitrogens with zero attached hydrogens (tertiary/aromatic N) is 2. The number of imidazole rings is 1. The number of anilines is 1. The minimum atomic E-state index is -4.41. The fourth-order valence-corrected chi connectivity index (χ4v) is 3.53. The highest BCUT2D eigenvalue weighted by atomic mass is 32.2. The first kappa shape index (κ1) is 21.0. The van der Waals surface area contributed by atoms with Crippen LogP contribution in [0.2, 0.25) is 0 Å². The second-order valence-electron chi connectivity index (χ2n) is 6.41. The quantitative estimate of drug-likeness (QED) is 0.481. The molecule has 1 aromatic carbocycles. The first-order valence-corrected chi connectivity index (χ1v) is 10.0. The molecule has 3 N–H and O–H groups in total. The smallest absolute Gasteiger partial charge is 0.355 e. The summed E-state index contributed by atoms with van der Waals surface area (Å²) in [6, 6.07) is 4.94. The van der Waals surface area contributed by atoms with Crippen LogP contribution in [-0.2, 0) is 18.3 Å². The summed E-state index contributed by atoms with van der Waals surface area (Å²) in [5, 5.41) is 3.04. The highest BCUT2D eigenvalue weighted by Gasteiger charge is 2.30. The minimum Gasteiger partial charge on any atom is -0.355 e. The first-order chi connectivity index (χ1) is 13.8. The third-order valence-corrected chi connectivity index (χ3v) is 5.20. The number of rotatable bonds is 8. The number of hydrogen-bond donors (Lipinski definition) is 3. The zero-order chi connectivity index (χ0) is 20.9. The van der Waals surface area contributed by atoms with Gasteiger partial charge >= 0.3 is 6.18 Å². The number of alkyl halides is 3. The normalized spacial score (nSPS) is 11.6. The maximum Gasteiger partial charge on any atom is 0.416 e. The largest absolute Gasteiger partial charge is 0.416 e. The molecule has 0 saturated heterocycles. The third kappa shape index (κ3) is 5.86. The summed E-state index contributed by atoms with van der Waals surface area (Å²) in [5.74, 6) is 1.91.